The summed E-state index contributed by atoms with van der Waals surface area (Å²) in [7, 11) is 0. The molecule has 4 heteroatoms. The molecule has 1 N–H and O–H groups in total. The van der Waals surface area contributed by atoms with Crippen LogP contribution in [0.4, 0.5) is 5.69 Å². The van der Waals surface area contributed by atoms with Crippen LogP contribution < -0.4 is 5.32 Å². The van der Waals surface area contributed by atoms with Crippen LogP contribution in [0.1, 0.15) is 13.3 Å². The molecule has 0 saturated heterocycles. The highest BCUT2D eigenvalue weighted by Gasteiger charge is 2.02. The lowest BCUT2D eigenvalue weighted by Gasteiger charge is -2.10. The molecule has 1 rings (SSSR count). The Morgan fingerprint density at radius 2 is 2.38 bits per heavy atom. The maximum absolute atomic E-state index is 5.95. The van der Waals surface area contributed by atoms with Gasteiger partial charge in [0.05, 0.1) is 16.1 Å². The number of hydrogen-bond acceptors (Lipinski definition) is 2. The van der Waals surface area contributed by atoms with Gasteiger partial charge in [-0.2, -0.15) is 0 Å². The average Bonchev–Trinajstić information content (AvgIpc) is 2.16. The van der Waals surface area contributed by atoms with Crippen molar-refractivity contribution in [3.05, 3.63) is 23.5 Å². The van der Waals surface area contributed by atoms with E-state index in [9.17, 15) is 0 Å². The molecule has 0 aliphatic heterocycles. The highest BCUT2D eigenvalue weighted by Crippen LogP contribution is 2.19. The second-order valence-electron chi connectivity index (χ2n) is 2.74. The van der Waals surface area contributed by atoms with Gasteiger partial charge in [0, 0.05) is 18.9 Å². The average molecular weight is 219 g/mol. The second-order valence-corrected chi connectivity index (χ2v) is 3.77. The van der Waals surface area contributed by atoms with Crippen LogP contribution in [0, 0.1) is 0 Å². The number of alkyl halides is 1. The van der Waals surface area contributed by atoms with Gasteiger partial charge in [-0.1, -0.05) is 18.5 Å². The quantitative estimate of drug-likeness (QED) is 0.786. The molecule has 0 bridgehead atoms. The number of rotatable bonds is 4. The Labute approximate surface area is 88.3 Å². The lowest BCUT2D eigenvalue weighted by atomic mass is 10.3. The van der Waals surface area contributed by atoms with E-state index in [4.69, 9.17) is 23.2 Å². The van der Waals surface area contributed by atoms with Crippen LogP contribution in [0.5, 0.6) is 0 Å². The lowest BCUT2D eigenvalue weighted by Crippen LogP contribution is -2.13. The minimum absolute atomic E-state index is 0.143. The van der Waals surface area contributed by atoms with Crippen molar-refractivity contribution in [2.24, 2.45) is 0 Å². The molecule has 0 spiro atoms. The Balaban J connectivity index is 2.50. The molecule has 1 aromatic heterocycles. The first-order valence-electron chi connectivity index (χ1n) is 4.21. The molecular formula is C9H12Cl2N2. The summed E-state index contributed by atoms with van der Waals surface area (Å²) in [6, 6.07) is 1.83. The van der Waals surface area contributed by atoms with Gasteiger partial charge in [-0.15, -0.1) is 11.6 Å². The molecule has 0 fully saturated rings. The van der Waals surface area contributed by atoms with Gasteiger partial charge >= 0.3 is 0 Å². The van der Waals surface area contributed by atoms with E-state index in [2.05, 4.69) is 10.3 Å². The molecular weight excluding hydrogens is 207 g/mol. The maximum atomic E-state index is 5.95. The normalized spacial score (nSPS) is 12.5. The number of anilines is 1. The van der Waals surface area contributed by atoms with Crippen LogP contribution in [-0.2, 0) is 0 Å². The van der Waals surface area contributed by atoms with E-state index in [0.717, 1.165) is 18.7 Å². The molecule has 0 saturated carbocycles. The zero-order chi connectivity index (χ0) is 9.68. The molecule has 0 aliphatic carbocycles. The van der Waals surface area contributed by atoms with Crippen molar-refractivity contribution in [1.29, 1.82) is 0 Å². The Kier molecular flexibility index (Phi) is 4.33. The molecule has 2 nitrogen and oxygen atoms in total. The van der Waals surface area contributed by atoms with Gasteiger partial charge in [0.25, 0.3) is 0 Å². The summed E-state index contributed by atoms with van der Waals surface area (Å²) in [4.78, 5) is 3.89. The van der Waals surface area contributed by atoms with E-state index < -0.39 is 0 Å². The van der Waals surface area contributed by atoms with Crippen molar-refractivity contribution in [3.63, 3.8) is 0 Å². The largest absolute Gasteiger partial charge is 0.382 e. The summed E-state index contributed by atoms with van der Waals surface area (Å²) < 4.78 is 0. The SMILES string of the molecule is CCC(Cl)CNc1ccncc1Cl. The molecule has 0 aromatic carbocycles. The van der Waals surface area contributed by atoms with Gasteiger partial charge in [0.2, 0.25) is 0 Å². The van der Waals surface area contributed by atoms with Crippen molar-refractivity contribution in [2.75, 3.05) is 11.9 Å². The van der Waals surface area contributed by atoms with E-state index in [1.165, 1.54) is 0 Å². The van der Waals surface area contributed by atoms with E-state index >= 15 is 0 Å². The van der Waals surface area contributed by atoms with Gasteiger partial charge in [0.1, 0.15) is 0 Å². The van der Waals surface area contributed by atoms with Crippen LogP contribution in [0.2, 0.25) is 5.02 Å². The first-order valence-corrected chi connectivity index (χ1v) is 5.03. The lowest BCUT2D eigenvalue weighted by molar-refractivity contribution is 0.844. The third-order valence-electron chi connectivity index (χ3n) is 1.73. The molecule has 0 amide bonds. The van der Waals surface area contributed by atoms with Crippen LogP contribution in [0.3, 0.4) is 0 Å². The van der Waals surface area contributed by atoms with Crippen LogP contribution in [-0.4, -0.2) is 16.9 Å². The molecule has 1 aromatic rings. The Morgan fingerprint density at radius 1 is 1.62 bits per heavy atom. The van der Waals surface area contributed by atoms with Gasteiger partial charge in [-0.3, -0.25) is 4.98 Å². The number of nitrogens with zero attached hydrogens (tertiary/aromatic N) is 1. The van der Waals surface area contributed by atoms with Crippen molar-refractivity contribution >= 4 is 28.9 Å². The van der Waals surface area contributed by atoms with Crippen molar-refractivity contribution in [2.45, 2.75) is 18.7 Å². The fraction of sp³-hybridized carbons (Fsp3) is 0.444. The standard InChI is InChI=1S/C9H12Cl2N2/c1-2-7(10)5-13-9-3-4-12-6-8(9)11/h3-4,6-7H,2,5H2,1H3,(H,12,13). The van der Waals surface area contributed by atoms with E-state index in [1.54, 1.807) is 12.4 Å². The molecule has 1 atom stereocenters. The summed E-state index contributed by atoms with van der Waals surface area (Å²) in [5.41, 5.74) is 0.885. The van der Waals surface area contributed by atoms with Gasteiger partial charge in [0.15, 0.2) is 0 Å². The predicted molar refractivity (Wildman–Crippen MR) is 57.7 cm³/mol. The maximum Gasteiger partial charge on any atom is 0.0820 e. The first kappa shape index (κ1) is 10.6. The van der Waals surface area contributed by atoms with Crippen molar-refractivity contribution < 1.29 is 0 Å². The van der Waals surface area contributed by atoms with Gasteiger partial charge < -0.3 is 5.32 Å². The Hall–Kier alpha value is -0.470. The van der Waals surface area contributed by atoms with Crippen LogP contribution in [0.25, 0.3) is 0 Å². The zero-order valence-electron chi connectivity index (χ0n) is 7.43. The topological polar surface area (TPSA) is 24.9 Å². The first-order chi connectivity index (χ1) is 6.24. The number of halogens is 2. The molecule has 13 heavy (non-hydrogen) atoms. The summed E-state index contributed by atoms with van der Waals surface area (Å²) in [6.45, 7) is 2.77. The number of hydrogen-bond donors (Lipinski definition) is 1. The zero-order valence-corrected chi connectivity index (χ0v) is 8.94. The molecule has 72 valence electrons. The molecule has 1 unspecified atom stereocenters. The molecule has 0 radical (unpaired) electrons. The summed E-state index contributed by atoms with van der Waals surface area (Å²) >= 11 is 11.8. The predicted octanol–water partition coefficient (Wildman–Crippen LogP) is 3.16. The minimum atomic E-state index is 0.143. The number of pyridine rings is 1. The minimum Gasteiger partial charge on any atom is -0.382 e. The number of aromatic nitrogens is 1. The van der Waals surface area contributed by atoms with Gasteiger partial charge in [-0.25, -0.2) is 0 Å². The molecule has 1 heterocycles. The van der Waals surface area contributed by atoms with E-state index in [1.807, 2.05) is 13.0 Å². The van der Waals surface area contributed by atoms with Crippen LogP contribution >= 0.6 is 23.2 Å². The second kappa shape index (κ2) is 5.30. The third kappa shape index (κ3) is 3.41. The highest BCUT2D eigenvalue weighted by molar-refractivity contribution is 6.33. The monoisotopic (exact) mass is 218 g/mol. The van der Waals surface area contributed by atoms with Gasteiger partial charge in [-0.05, 0) is 12.5 Å². The van der Waals surface area contributed by atoms with Crippen LogP contribution in [0.15, 0.2) is 18.5 Å². The summed E-state index contributed by atoms with van der Waals surface area (Å²) in [5, 5.41) is 3.93. The molecule has 0 aliphatic rings. The Bertz CT molecular complexity index is 266. The smallest absolute Gasteiger partial charge is 0.0820 e. The van der Waals surface area contributed by atoms with E-state index in [-0.39, 0.29) is 5.38 Å². The fourth-order valence-electron chi connectivity index (χ4n) is 0.884. The fourth-order valence-corrected chi connectivity index (χ4v) is 1.15. The third-order valence-corrected chi connectivity index (χ3v) is 2.49. The summed E-state index contributed by atoms with van der Waals surface area (Å²) in [5.74, 6) is 0. The van der Waals surface area contributed by atoms with Crippen molar-refractivity contribution in [3.8, 4) is 0 Å². The van der Waals surface area contributed by atoms with Crippen molar-refractivity contribution in [1.82, 2.24) is 4.98 Å². The Morgan fingerprint density at radius 3 is 3.00 bits per heavy atom. The summed E-state index contributed by atoms with van der Waals surface area (Å²) in [6.07, 6.45) is 4.25. The van der Waals surface area contributed by atoms with E-state index in [0.29, 0.717) is 5.02 Å². The highest BCUT2D eigenvalue weighted by atomic mass is 35.5. The number of nitrogens with one attached hydrogen (secondary N) is 1.